The molecule has 0 fully saturated rings. The molecule has 4 heteroatoms. The summed E-state index contributed by atoms with van der Waals surface area (Å²) >= 11 is 0. The van der Waals surface area contributed by atoms with Crippen LogP contribution in [0.25, 0.3) is 0 Å². The van der Waals surface area contributed by atoms with Crippen molar-refractivity contribution in [2.75, 3.05) is 13.2 Å². The van der Waals surface area contributed by atoms with Crippen LogP contribution in [0, 0.1) is 5.41 Å². The highest BCUT2D eigenvalue weighted by Crippen LogP contribution is 2.32. The fourth-order valence-electron chi connectivity index (χ4n) is 1.85. The molecule has 0 atom stereocenters. The van der Waals surface area contributed by atoms with E-state index in [0.717, 1.165) is 19.3 Å². The van der Waals surface area contributed by atoms with E-state index in [0.29, 0.717) is 26.1 Å². The molecule has 18 heavy (non-hydrogen) atoms. The summed E-state index contributed by atoms with van der Waals surface area (Å²) in [7, 11) is 0. The summed E-state index contributed by atoms with van der Waals surface area (Å²) in [4.78, 5) is 24.3. The Hall–Kier alpha value is -1.06. The fourth-order valence-corrected chi connectivity index (χ4v) is 1.85. The van der Waals surface area contributed by atoms with Crippen LogP contribution in [0.4, 0.5) is 0 Å². The van der Waals surface area contributed by atoms with E-state index in [1.165, 1.54) is 0 Å². The van der Waals surface area contributed by atoms with Crippen LogP contribution in [-0.4, -0.2) is 25.2 Å². The van der Waals surface area contributed by atoms with Crippen molar-refractivity contribution in [2.45, 2.75) is 59.8 Å². The molecule has 0 unspecified atom stereocenters. The molecule has 0 aromatic carbocycles. The molecule has 0 spiro atoms. The first-order chi connectivity index (χ1) is 8.58. The van der Waals surface area contributed by atoms with Crippen molar-refractivity contribution in [2.24, 2.45) is 5.41 Å². The van der Waals surface area contributed by atoms with Gasteiger partial charge in [0.2, 0.25) is 0 Å². The van der Waals surface area contributed by atoms with Crippen molar-refractivity contribution in [3.05, 3.63) is 0 Å². The first kappa shape index (κ1) is 16.9. The predicted molar refractivity (Wildman–Crippen MR) is 70.1 cm³/mol. The highest BCUT2D eigenvalue weighted by molar-refractivity contribution is 6.00. The van der Waals surface area contributed by atoms with Crippen LogP contribution in [0.1, 0.15) is 59.8 Å². The molecule has 0 amide bonds. The molecular formula is C14H26O4. The van der Waals surface area contributed by atoms with Gasteiger partial charge < -0.3 is 9.47 Å². The molecule has 0 aromatic heterocycles. The van der Waals surface area contributed by atoms with Crippen LogP contribution in [0.3, 0.4) is 0 Å². The van der Waals surface area contributed by atoms with E-state index in [-0.39, 0.29) is 0 Å². The van der Waals surface area contributed by atoms with Crippen LogP contribution in [0.5, 0.6) is 0 Å². The molecule has 0 heterocycles. The van der Waals surface area contributed by atoms with Gasteiger partial charge in [-0.05, 0) is 25.7 Å². The van der Waals surface area contributed by atoms with E-state index in [1.54, 1.807) is 0 Å². The lowest BCUT2D eigenvalue weighted by Crippen LogP contribution is -2.41. The molecule has 106 valence electrons. The van der Waals surface area contributed by atoms with E-state index in [1.807, 2.05) is 27.7 Å². The third-order valence-corrected chi connectivity index (χ3v) is 2.94. The van der Waals surface area contributed by atoms with Crippen LogP contribution >= 0.6 is 0 Å². The van der Waals surface area contributed by atoms with Crippen molar-refractivity contribution >= 4 is 11.9 Å². The van der Waals surface area contributed by atoms with Crippen LogP contribution in [-0.2, 0) is 19.1 Å². The van der Waals surface area contributed by atoms with Crippen molar-refractivity contribution in [3.8, 4) is 0 Å². The second-order valence-electron chi connectivity index (χ2n) is 4.46. The zero-order chi connectivity index (χ0) is 14.0. The highest BCUT2D eigenvalue weighted by atomic mass is 16.6. The summed E-state index contributed by atoms with van der Waals surface area (Å²) < 4.78 is 10.3. The second kappa shape index (κ2) is 8.95. The smallest absolute Gasteiger partial charge is 0.323 e. The summed E-state index contributed by atoms with van der Waals surface area (Å²) in [5, 5.41) is 0. The standard InChI is InChI=1S/C14H26O4/c1-5-9-14(8-4,12(15)17-10-6-2)13(16)18-11-7-3/h5-11H2,1-4H3. The molecule has 0 saturated carbocycles. The van der Waals surface area contributed by atoms with Gasteiger partial charge in [0.1, 0.15) is 0 Å². The first-order valence-corrected chi connectivity index (χ1v) is 6.93. The monoisotopic (exact) mass is 258 g/mol. The highest BCUT2D eigenvalue weighted by Gasteiger charge is 2.46. The lowest BCUT2D eigenvalue weighted by molar-refractivity contribution is -0.173. The summed E-state index contributed by atoms with van der Waals surface area (Å²) in [5.41, 5.74) is -1.11. The van der Waals surface area contributed by atoms with Gasteiger partial charge in [-0.25, -0.2) is 0 Å². The van der Waals surface area contributed by atoms with Crippen LogP contribution in [0.2, 0.25) is 0 Å². The Labute approximate surface area is 110 Å². The maximum atomic E-state index is 12.1. The third-order valence-electron chi connectivity index (χ3n) is 2.94. The molecular weight excluding hydrogens is 232 g/mol. The Morgan fingerprint density at radius 3 is 1.56 bits per heavy atom. The number of carbonyl (C=O) groups is 2. The maximum absolute atomic E-state index is 12.1. The average molecular weight is 258 g/mol. The molecule has 0 bridgehead atoms. The van der Waals surface area contributed by atoms with Gasteiger partial charge in [0.15, 0.2) is 5.41 Å². The molecule has 0 aliphatic heterocycles. The zero-order valence-corrected chi connectivity index (χ0v) is 12.1. The molecule has 0 radical (unpaired) electrons. The van der Waals surface area contributed by atoms with Gasteiger partial charge in [0, 0.05) is 0 Å². The summed E-state index contributed by atoms with van der Waals surface area (Å²) in [6.07, 6.45) is 3.15. The normalized spacial score (nSPS) is 11.1. The van der Waals surface area contributed by atoms with Crippen molar-refractivity contribution in [1.82, 2.24) is 0 Å². The quantitative estimate of drug-likeness (QED) is 0.471. The van der Waals surface area contributed by atoms with E-state index in [2.05, 4.69) is 0 Å². The van der Waals surface area contributed by atoms with Gasteiger partial charge in [0.25, 0.3) is 0 Å². The number of ether oxygens (including phenoxy) is 2. The van der Waals surface area contributed by atoms with Gasteiger partial charge >= 0.3 is 11.9 Å². The molecule has 4 nitrogen and oxygen atoms in total. The second-order valence-corrected chi connectivity index (χ2v) is 4.46. The number of esters is 2. The molecule has 0 saturated heterocycles. The molecule has 0 N–H and O–H groups in total. The van der Waals surface area contributed by atoms with Gasteiger partial charge in [0.05, 0.1) is 13.2 Å². The van der Waals surface area contributed by atoms with Gasteiger partial charge in [-0.1, -0.05) is 34.1 Å². The lowest BCUT2D eigenvalue weighted by atomic mass is 9.80. The minimum Gasteiger partial charge on any atom is -0.465 e. The molecule has 0 rings (SSSR count). The summed E-state index contributed by atoms with van der Waals surface area (Å²) in [6.45, 7) is 8.34. The van der Waals surface area contributed by atoms with Gasteiger partial charge in [-0.3, -0.25) is 9.59 Å². The molecule has 0 aromatic rings. The lowest BCUT2D eigenvalue weighted by Gasteiger charge is -2.27. The van der Waals surface area contributed by atoms with Crippen molar-refractivity contribution in [3.63, 3.8) is 0 Å². The van der Waals surface area contributed by atoms with Gasteiger partial charge in [-0.2, -0.15) is 0 Å². The Kier molecular flexibility index (Phi) is 8.42. The Morgan fingerprint density at radius 2 is 1.28 bits per heavy atom. The molecule has 0 aliphatic carbocycles. The fraction of sp³-hybridized carbons (Fsp3) is 0.857. The van der Waals surface area contributed by atoms with Crippen LogP contribution < -0.4 is 0 Å². The summed E-state index contributed by atoms with van der Waals surface area (Å²) in [5.74, 6) is -0.871. The zero-order valence-electron chi connectivity index (χ0n) is 12.1. The first-order valence-electron chi connectivity index (χ1n) is 6.93. The summed E-state index contributed by atoms with van der Waals surface area (Å²) in [6, 6.07) is 0. The largest absolute Gasteiger partial charge is 0.465 e. The Balaban J connectivity index is 4.89. The Morgan fingerprint density at radius 1 is 0.833 bits per heavy atom. The van der Waals surface area contributed by atoms with Crippen LogP contribution in [0.15, 0.2) is 0 Å². The van der Waals surface area contributed by atoms with Crippen molar-refractivity contribution < 1.29 is 19.1 Å². The number of hydrogen-bond donors (Lipinski definition) is 0. The Bertz CT molecular complexity index is 241. The number of hydrogen-bond acceptors (Lipinski definition) is 4. The average Bonchev–Trinajstić information content (AvgIpc) is 2.39. The maximum Gasteiger partial charge on any atom is 0.323 e. The topological polar surface area (TPSA) is 52.6 Å². The predicted octanol–water partition coefficient (Wildman–Crippen LogP) is 3.09. The van der Waals surface area contributed by atoms with Crippen molar-refractivity contribution in [1.29, 1.82) is 0 Å². The number of rotatable bonds is 9. The van der Waals surface area contributed by atoms with Gasteiger partial charge in [-0.15, -0.1) is 0 Å². The molecule has 0 aliphatic rings. The van der Waals surface area contributed by atoms with E-state index >= 15 is 0 Å². The minimum atomic E-state index is -1.11. The van der Waals surface area contributed by atoms with E-state index < -0.39 is 17.4 Å². The minimum absolute atomic E-state index is 0.353. The van der Waals surface area contributed by atoms with E-state index in [9.17, 15) is 9.59 Å². The SMILES string of the molecule is CCCOC(=O)C(CC)(CCC)C(=O)OCCC. The van der Waals surface area contributed by atoms with E-state index in [4.69, 9.17) is 9.47 Å². The third kappa shape index (κ3) is 4.31. The number of carbonyl (C=O) groups excluding carboxylic acids is 2.